The second-order valence-corrected chi connectivity index (χ2v) is 8.75. The summed E-state index contributed by atoms with van der Waals surface area (Å²) in [7, 11) is 0. The van der Waals surface area contributed by atoms with E-state index in [1.54, 1.807) is 12.1 Å². The number of Topliss-reactive ketones (excluding diaryl/α,β-unsaturated/α-hetero) is 1. The molecule has 7 heteroatoms. The topological polar surface area (TPSA) is 76.1 Å². The molecule has 4 rings (SSSR count). The van der Waals surface area contributed by atoms with Gasteiger partial charge in [-0.2, -0.15) is 0 Å². The SMILES string of the molecule is Cc1ccsc1C1/C(=C(/O)c2ccc3c(c2)CCO3)C(=O)C(=O)N1CCOC(C)C. The molecule has 3 heterocycles. The zero-order chi connectivity index (χ0) is 21.4. The van der Waals surface area contributed by atoms with Crippen molar-refractivity contribution in [3.63, 3.8) is 0 Å². The molecule has 1 atom stereocenters. The van der Waals surface area contributed by atoms with Crippen LogP contribution < -0.4 is 4.74 Å². The van der Waals surface area contributed by atoms with Gasteiger partial charge in [0.05, 0.1) is 30.9 Å². The average Bonchev–Trinajstić information content (AvgIpc) is 3.41. The van der Waals surface area contributed by atoms with Gasteiger partial charge in [0.15, 0.2) is 0 Å². The Morgan fingerprint density at radius 1 is 1.33 bits per heavy atom. The highest BCUT2D eigenvalue weighted by atomic mass is 32.1. The van der Waals surface area contributed by atoms with Crippen LogP contribution in [0.25, 0.3) is 5.76 Å². The van der Waals surface area contributed by atoms with Gasteiger partial charge in [0, 0.05) is 23.4 Å². The van der Waals surface area contributed by atoms with Crippen LogP contribution in [0.2, 0.25) is 0 Å². The Morgan fingerprint density at radius 2 is 2.13 bits per heavy atom. The number of hydrogen-bond donors (Lipinski definition) is 1. The maximum atomic E-state index is 13.0. The Hall–Kier alpha value is -2.64. The number of carbonyl (C=O) groups excluding carboxylic acids is 2. The van der Waals surface area contributed by atoms with E-state index in [9.17, 15) is 14.7 Å². The maximum absolute atomic E-state index is 13.0. The molecule has 0 saturated carbocycles. The Kier molecular flexibility index (Phi) is 5.66. The van der Waals surface area contributed by atoms with E-state index in [-0.39, 0.29) is 24.0 Å². The predicted molar refractivity (Wildman–Crippen MR) is 115 cm³/mol. The van der Waals surface area contributed by atoms with Crippen molar-refractivity contribution in [1.82, 2.24) is 4.90 Å². The number of carbonyl (C=O) groups is 2. The Morgan fingerprint density at radius 3 is 2.83 bits per heavy atom. The van der Waals surface area contributed by atoms with Gasteiger partial charge in [-0.1, -0.05) is 0 Å². The van der Waals surface area contributed by atoms with E-state index in [4.69, 9.17) is 9.47 Å². The van der Waals surface area contributed by atoms with Crippen molar-refractivity contribution in [2.75, 3.05) is 19.8 Å². The number of aryl methyl sites for hydroxylation is 1. The number of aliphatic hydroxyl groups is 1. The average molecular weight is 428 g/mol. The largest absolute Gasteiger partial charge is 0.507 e. The Labute approximate surface area is 179 Å². The molecule has 1 unspecified atom stereocenters. The van der Waals surface area contributed by atoms with Gasteiger partial charge < -0.3 is 19.5 Å². The number of rotatable bonds is 6. The lowest BCUT2D eigenvalue weighted by Gasteiger charge is -2.25. The zero-order valence-corrected chi connectivity index (χ0v) is 18.1. The molecule has 2 aliphatic heterocycles. The van der Waals surface area contributed by atoms with Crippen LogP contribution in [0.15, 0.2) is 35.2 Å². The van der Waals surface area contributed by atoms with E-state index in [1.165, 1.54) is 16.2 Å². The summed E-state index contributed by atoms with van der Waals surface area (Å²) in [6.45, 7) is 7.00. The molecule has 0 aliphatic carbocycles. The van der Waals surface area contributed by atoms with Gasteiger partial charge in [-0.25, -0.2) is 0 Å². The first-order valence-corrected chi connectivity index (χ1v) is 11.0. The summed E-state index contributed by atoms with van der Waals surface area (Å²) in [5, 5.41) is 13.1. The van der Waals surface area contributed by atoms with E-state index in [2.05, 4.69) is 0 Å². The van der Waals surface area contributed by atoms with Crippen LogP contribution in [-0.2, 0) is 20.7 Å². The standard InChI is InChI=1S/C23H25NO5S/c1-13(2)28-10-8-24-19(22-14(3)7-11-30-22)18(21(26)23(24)27)20(25)16-4-5-17-15(12-16)6-9-29-17/h4-5,7,11-13,19,25H,6,8-10H2,1-3H3/b20-18-. The molecular weight excluding hydrogens is 402 g/mol. The number of ketones is 1. The van der Waals surface area contributed by atoms with Gasteiger partial charge in [0.1, 0.15) is 11.5 Å². The van der Waals surface area contributed by atoms with Gasteiger partial charge in [0.2, 0.25) is 0 Å². The number of benzene rings is 1. The molecule has 1 fully saturated rings. The first-order chi connectivity index (χ1) is 14.4. The summed E-state index contributed by atoms with van der Waals surface area (Å²) in [5.41, 5.74) is 2.63. The van der Waals surface area contributed by atoms with Crippen LogP contribution in [0.3, 0.4) is 0 Å². The van der Waals surface area contributed by atoms with Crippen LogP contribution in [0, 0.1) is 6.92 Å². The number of aliphatic hydroxyl groups excluding tert-OH is 1. The molecular formula is C23H25NO5S. The molecule has 1 amide bonds. The van der Waals surface area contributed by atoms with E-state index in [0.29, 0.717) is 18.8 Å². The van der Waals surface area contributed by atoms with E-state index >= 15 is 0 Å². The minimum Gasteiger partial charge on any atom is -0.507 e. The molecule has 1 aromatic carbocycles. The van der Waals surface area contributed by atoms with Crippen molar-refractivity contribution in [3.05, 3.63) is 56.8 Å². The second-order valence-electron chi connectivity index (χ2n) is 7.80. The molecule has 0 radical (unpaired) electrons. The third-order valence-electron chi connectivity index (χ3n) is 5.44. The number of fused-ring (bicyclic) bond motifs is 1. The predicted octanol–water partition coefficient (Wildman–Crippen LogP) is 3.84. The number of nitrogens with zero attached hydrogens (tertiary/aromatic N) is 1. The molecule has 2 aliphatic rings. The molecule has 1 N–H and O–H groups in total. The van der Waals surface area contributed by atoms with Crippen LogP contribution in [0.4, 0.5) is 0 Å². The number of amides is 1. The first-order valence-electron chi connectivity index (χ1n) is 10.1. The number of likely N-dealkylation sites (tertiary alicyclic amines) is 1. The first kappa shape index (κ1) is 20.6. The number of hydrogen-bond acceptors (Lipinski definition) is 6. The van der Waals surface area contributed by atoms with Gasteiger partial charge in [-0.05, 0) is 61.5 Å². The lowest BCUT2D eigenvalue weighted by molar-refractivity contribution is -0.140. The Bertz CT molecular complexity index is 1020. The van der Waals surface area contributed by atoms with Gasteiger partial charge in [0.25, 0.3) is 11.7 Å². The molecule has 1 saturated heterocycles. The molecule has 30 heavy (non-hydrogen) atoms. The fraction of sp³-hybridized carbons (Fsp3) is 0.391. The summed E-state index contributed by atoms with van der Waals surface area (Å²) >= 11 is 1.48. The van der Waals surface area contributed by atoms with Crippen molar-refractivity contribution in [2.45, 2.75) is 39.3 Å². The molecule has 0 bridgehead atoms. The van der Waals surface area contributed by atoms with Gasteiger partial charge >= 0.3 is 0 Å². The third kappa shape index (κ3) is 3.63. The van der Waals surface area contributed by atoms with E-state index in [1.807, 2.05) is 38.3 Å². The molecule has 6 nitrogen and oxygen atoms in total. The monoisotopic (exact) mass is 427 g/mol. The van der Waals surface area contributed by atoms with Crippen molar-refractivity contribution in [2.24, 2.45) is 0 Å². The summed E-state index contributed by atoms with van der Waals surface area (Å²) in [6, 6.07) is 6.70. The van der Waals surface area contributed by atoms with Crippen LogP contribution in [0.5, 0.6) is 5.75 Å². The number of thiophene rings is 1. The van der Waals surface area contributed by atoms with Crippen LogP contribution in [-0.4, -0.2) is 47.6 Å². The smallest absolute Gasteiger partial charge is 0.295 e. The summed E-state index contributed by atoms with van der Waals surface area (Å²) in [4.78, 5) is 28.3. The zero-order valence-electron chi connectivity index (χ0n) is 17.3. The number of ether oxygens (including phenoxy) is 2. The third-order valence-corrected chi connectivity index (χ3v) is 6.51. The molecule has 0 spiro atoms. The summed E-state index contributed by atoms with van der Waals surface area (Å²) in [5.74, 6) is -0.616. The quantitative estimate of drug-likeness (QED) is 0.431. The minimum absolute atomic E-state index is 0.0254. The van der Waals surface area contributed by atoms with Crippen molar-refractivity contribution >= 4 is 28.8 Å². The Balaban J connectivity index is 1.78. The molecule has 158 valence electrons. The highest BCUT2D eigenvalue weighted by Gasteiger charge is 2.47. The van der Waals surface area contributed by atoms with Crippen molar-refractivity contribution in [1.29, 1.82) is 0 Å². The lowest BCUT2D eigenvalue weighted by Crippen LogP contribution is -2.33. The van der Waals surface area contributed by atoms with E-state index in [0.717, 1.165) is 28.2 Å². The van der Waals surface area contributed by atoms with Crippen LogP contribution >= 0.6 is 11.3 Å². The summed E-state index contributed by atoms with van der Waals surface area (Å²) in [6.07, 6.45) is 0.780. The highest BCUT2D eigenvalue weighted by Crippen LogP contribution is 2.42. The van der Waals surface area contributed by atoms with Gasteiger partial charge in [-0.3, -0.25) is 9.59 Å². The fourth-order valence-corrected chi connectivity index (χ4v) is 4.97. The van der Waals surface area contributed by atoms with E-state index < -0.39 is 17.7 Å². The molecule has 1 aromatic heterocycles. The lowest BCUT2D eigenvalue weighted by atomic mass is 9.97. The second kappa shape index (κ2) is 8.24. The molecule has 2 aromatic rings. The normalized spacial score (nSPS) is 20.1. The fourth-order valence-electron chi connectivity index (χ4n) is 3.92. The van der Waals surface area contributed by atoms with Crippen LogP contribution in [0.1, 0.15) is 41.5 Å². The minimum atomic E-state index is -0.661. The van der Waals surface area contributed by atoms with Crippen molar-refractivity contribution < 1.29 is 24.2 Å². The maximum Gasteiger partial charge on any atom is 0.295 e. The van der Waals surface area contributed by atoms with Gasteiger partial charge in [-0.15, -0.1) is 11.3 Å². The summed E-state index contributed by atoms with van der Waals surface area (Å²) < 4.78 is 11.2. The van der Waals surface area contributed by atoms with Crippen molar-refractivity contribution in [3.8, 4) is 5.75 Å². The highest BCUT2D eigenvalue weighted by molar-refractivity contribution is 7.10.